The molecule has 1 unspecified atom stereocenters. The number of carbonyl (C=O) groups is 1. The van der Waals surface area contributed by atoms with Crippen LogP contribution >= 0.6 is 0 Å². The van der Waals surface area contributed by atoms with Gasteiger partial charge in [-0.3, -0.25) is 0 Å². The van der Waals surface area contributed by atoms with Crippen LogP contribution in [0.3, 0.4) is 0 Å². The van der Waals surface area contributed by atoms with E-state index in [-0.39, 0.29) is 5.41 Å². The van der Waals surface area contributed by atoms with Crippen LogP contribution < -0.4 is 10.5 Å². The van der Waals surface area contributed by atoms with Crippen molar-refractivity contribution in [1.29, 1.82) is 0 Å². The quantitative estimate of drug-likeness (QED) is 0.852. The van der Waals surface area contributed by atoms with Gasteiger partial charge in [-0.15, -0.1) is 0 Å². The van der Waals surface area contributed by atoms with Gasteiger partial charge in [0.1, 0.15) is 11.3 Å². The molecule has 0 amide bonds. The first-order chi connectivity index (χ1) is 8.64. The minimum atomic E-state index is -1.23. The van der Waals surface area contributed by atoms with Gasteiger partial charge in [0.15, 0.2) is 0 Å². The third-order valence-electron chi connectivity index (χ3n) is 3.23. The van der Waals surface area contributed by atoms with E-state index in [0.717, 1.165) is 5.56 Å². The number of nitrogens with two attached hydrogens (primary N) is 1. The molecule has 4 heteroatoms. The van der Waals surface area contributed by atoms with Crippen LogP contribution in [-0.2, 0) is 20.5 Å². The Bertz CT molecular complexity index is 473. The van der Waals surface area contributed by atoms with Gasteiger partial charge in [0.05, 0.1) is 14.2 Å². The lowest BCUT2D eigenvalue weighted by atomic mass is 9.82. The summed E-state index contributed by atoms with van der Waals surface area (Å²) >= 11 is 0. The number of hydrogen-bond donors (Lipinski definition) is 1. The molecule has 19 heavy (non-hydrogen) atoms. The summed E-state index contributed by atoms with van der Waals surface area (Å²) in [5, 5.41) is 0. The standard InChI is InChI=1S/C15H23NO3/c1-14(2,3)10-7-8-12(18-5)11(9-10)15(4,16)13(17)19-6/h7-9H,16H2,1-6H3. The Morgan fingerprint density at radius 2 is 1.74 bits per heavy atom. The Labute approximate surface area is 114 Å². The monoisotopic (exact) mass is 265 g/mol. The number of ether oxygens (including phenoxy) is 2. The van der Waals surface area contributed by atoms with Crippen molar-refractivity contribution in [2.75, 3.05) is 14.2 Å². The van der Waals surface area contributed by atoms with Crippen LogP contribution in [0.1, 0.15) is 38.8 Å². The topological polar surface area (TPSA) is 61.5 Å². The first-order valence-corrected chi connectivity index (χ1v) is 6.21. The van der Waals surface area contributed by atoms with Crippen LogP contribution in [0.4, 0.5) is 0 Å². The van der Waals surface area contributed by atoms with Crippen molar-refractivity contribution in [3.63, 3.8) is 0 Å². The van der Waals surface area contributed by atoms with E-state index in [1.165, 1.54) is 7.11 Å². The largest absolute Gasteiger partial charge is 0.496 e. The summed E-state index contributed by atoms with van der Waals surface area (Å²) in [6.07, 6.45) is 0. The maximum absolute atomic E-state index is 11.9. The molecule has 1 rings (SSSR count). The summed E-state index contributed by atoms with van der Waals surface area (Å²) in [6.45, 7) is 7.93. The second-order valence-corrected chi connectivity index (χ2v) is 5.86. The van der Waals surface area contributed by atoms with E-state index in [4.69, 9.17) is 15.2 Å². The van der Waals surface area contributed by atoms with E-state index in [1.54, 1.807) is 14.0 Å². The maximum Gasteiger partial charge on any atom is 0.330 e. The number of esters is 1. The summed E-state index contributed by atoms with van der Waals surface area (Å²) in [5.41, 5.74) is 6.58. The van der Waals surface area contributed by atoms with E-state index < -0.39 is 11.5 Å². The molecule has 0 aliphatic rings. The number of rotatable bonds is 3. The number of hydrogen-bond acceptors (Lipinski definition) is 4. The highest BCUT2D eigenvalue weighted by Crippen LogP contribution is 2.33. The van der Waals surface area contributed by atoms with Gasteiger partial charge in [-0.1, -0.05) is 26.8 Å². The van der Waals surface area contributed by atoms with Crippen molar-refractivity contribution < 1.29 is 14.3 Å². The summed E-state index contributed by atoms with van der Waals surface area (Å²) in [7, 11) is 2.89. The maximum atomic E-state index is 11.9. The first-order valence-electron chi connectivity index (χ1n) is 6.21. The number of carbonyl (C=O) groups excluding carboxylic acids is 1. The minimum Gasteiger partial charge on any atom is -0.496 e. The molecule has 0 saturated carbocycles. The molecule has 0 bridgehead atoms. The SMILES string of the molecule is COC(=O)C(C)(N)c1cc(C(C)(C)C)ccc1OC. The third kappa shape index (κ3) is 3.07. The summed E-state index contributed by atoms with van der Waals surface area (Å²) in [4.78, 5) is 11.9. The van der Waals surface area contributed by atoms with Crippen LogP contribution in [0, 0.1) is 0 Å². The molecule has 2 N–H and O–H groups in total. The molecule has 1 aromatic carbocycles. The molecule has 0 radical (unpaired) electrons. The van der Waals surface area contributed by atoms with Gasteiger partial charge in [0.25, 0.3) is 0 Å². The van der Waals surface area contributed by atoms with E-state index in [2.05, 4.69) is 20.8 Å². The molecule has 0 fully saturated rings. The van der Waals surface area contributed by atoms with Crippen LogP contribution in [0.5, 0.6) is 5.75 Å². The average Bonchev–Trinajstić information content (AvgIpc) is 2.35. The number of benzene rings is 1. The van der Waals surface area contributed by atoms with Gasteiger partial charge >= 0.3 is 5.97 Å². The van der Waals surface area contributed by atoms with Gasteiger partial charge in [-0.05, 0) is 30.0 Å². The predicted octanol–water partition coefficient (Wildman–Crippen LogP) is 2.34. The second-order valence-electron chi connectivity index (χ2n) is 5.86. The fourth-order valence-corrected chi connectivity index (χ4v) is 1.90. The lowest BCUT2D eigenvalue weighted by Crippen LogP contribution is -2.43. The van der Waals surface area contributed by atoms with E-state index in [0.29, 0.717) is 11.3 Å². The van der Waals surface area contributed by atoms with E-state index in [1.807, 2.05) is 18.2 Å². The third-order valence-corrected chi connectivity index (χ3v) is 3.23. The molecule has 1 aromatic rings. The molecule has 0 aliphatic heterocycles. The Morgan fingerprint density at radius 3 is 2.16 bits per heavy atom. The fraction of sp³-hybridized carbons (Fsp3) is 0.533. The Kier molecular flexibility index (Phi) is 4.25. The molecular weight excluding hydrogens is 242 g/mol. The number of methoxy groups -OCH3 is 2. The van der Waals surface area contributed by atoms with Gasteiger partial charge in [-0.25, -0.2) is 4.79 Å². The highest BCUT2D eigenvalue weighted by Gasteiger charge is 2.35. The van der Waals surface area contributed by atoms with Crippen LogP contribution in [0.2, 0.25) is 0 Å². The van der Waals surface area contributed by atoms with Crippen molar-refractivity contribution in [3.8, 4) is 5.75 Å². The van der Waals surface area contributed by atoms with Crippen molar-refractivity contribution in [3.05, 3.63) is 29.3 Å². The molecule has 0 aromatic heterocycles. The fourth-order valence-electron chi connectivity index (χ4n) is 1.90. The lowest BCUT2D eigenvalue weighted by Gasteiger charge is -2.27. The van der Waals surface area contributed by atoms with Crippen molar-refractivity contribution in [2.45, 2.75) is 38.6 Å². The van der Waals surface area contributed by atoms with Crippen LogP contribution in [-0.4, -0.2) is 20.2 Å². The van der Waals surface area contributed by atoms with E-state index in [9.17, 15) is 4.79 Å². The zero-order chi connectivity index (χ0) is 14.8. The van der Waals surface area contributed by atoms with Crippen molar-refractivity contribution in [2.24, 2.45) is 5.73 Å². The molecule has 1 atom stereocenters. The minimum absolute atomic E-state index is 0.0345. The Hall–Kier alpha value is -1.55. The predicted molar refractivity (Wildman–Crippen MR) is 75.2 cm³/mol. The summed E-state index contributed by atoms with van der Waals surface area (Å²) in [6, 6.07) is 5.73. The normalized spacial score (nSPS) is 14.7. The molecular formula is C15H23NO3. The van der Waals surface area contributed by atoms with E-state index >= 15 is 0 Å². The second kappa shape index (κ2) is 5.21. The van der Waals surface area contributed by atoms with Crippen molar-refractivity contribution in [1.82, 2.24) is 0 Å². The smallest absolute Gasteiger partial charge is 0.330 e. The van der Waals surface area contributed by atoms with Gasteiger partial charge in [-0.2, -0.15) is 0 Å². The first kappa shape index (κ1) is 15.5. The summed E-state index contributed by atoms with van der Waals surface area (Å²) < 4.78 is 10.1. The van der Waals surface area contributed by atoms with Gasteiger partial charge < -0.3 is 15.2 Å². The van der Waals surface area contributed by atoms with Crippen LogP contribution in [0.25, 0.3) is 0 Å². The zero-order valence-corrected chi connectivity index (χ0v) is 12.5. The molecule has 106 valence electrons. The Balaban J connectivity index is 3.43. The highest BCUT2D eigenvalue weighted by molar-refractivity contribution is 5.83. The van der Waals surface area contributed by atoms with Crippen molar-refractivity contribution >= 4 is 5.97 Å². The molecule has 0 spiro atoms. The molecule has 0 saturated heterocycles. The molecule has 4 nitrogen and oxygen atoms in total. The van der Waals surface area contributed by atoms with Gasteiger partial charge in [0, 0.05) is 5.56 Å². The molecule has 0 aliphatic carbocycles. The molecule has 0 heterocycles. The Morgan fingerprint density at radius 1 is 1.16 bits per heavy atom. The van der Waals surface area contributed by atoms with Crippen LogP contribution in [0.15, 0.2) is 18.2 Å². The highest BCUT2D eigenvalue weighted by atomic mass is 16.5. The lowest BCUT2D eigenvalue weighted by molar-refractivity contribution is -0.146. The summed E-state index contributed by atoms with van der Waals surface area (Å²) in [5.74, 6) is 0.0975. The van der Waals surface area contributed by atoms with Gasteiger partial charge in [0.2, 0.25) is 0 Å². The average molecular weight is 265 g/mol. The zero-order valence-electron chi connectivity index (χ0n) is 12.5.